The average Bonchev–Trinajstić information content (AvgIpc) is 2.50. The molecule has 3 rings (SSSR count). The molecule has 1 atom stereocenters. The Bertz CT molecular complexity index is 495. The molecule has 1 heterocycles. The Hall–Kier alpha value is -1.60. The fourth-order valence-corrected chi connectivity index (χ4v) is 2.90. The Kier molecular flexibility index (Phi) is 3.95. The van der Waals surface area contributed by atoms with E-state index in [1.54, 1.807) is 0 Å². The van der Waals surface area contributed by atoms with Crippen molar-refractivity contribution in [3.63, 3.8) is 0 Å². The molecule has 1 heteroatoms. The first-order valence-electron chi connectivity index (χ1n) is 7.27. The first-order chi connectivity index (χ1) is 9.42. The number of rotatable bonds is 3. The first kappa shape index (κ1) is 12.4. The molecule has 0 aromatic heterocycles. The van der Waals surface area contributed by atoms with Gasteiger partial charge in [-0.2, -0.15) is 0 Å². The molecule has 1 fully saturated rings. The largest absolute Gasteiger partial charge is 0.316 e. The predicted octanol–water partition coefficient (Wildman–Crippen LogP) is 3.90. The van der Waals surface area contributed by atoms with Crippen molar-refractivity contribution in [1.82, 2.24) is 5.32 Å². The lowest BCUT2D eigenvalue weighted by atomic mass is 9.91. The summed E-state index contributed by atoms with van der Waals surface area (Å²) in [5.41, 5.74) is 4.08. The minimum Gasteiger partial charge on any atom is -0.316 e. The van der Waals surface area contributed by atoms with E-state index in [2.05, 4.69) is 59.9 Å². The van der Waals surface area contributed by atoms with Crippen molar-refractivity contribution < 1.29 is 0 Å². The van der Waals surface area contributed by atoms with Crippen molar-refractivity contribution >= 4 is 0 Å². The van der Waals surface area contributed by atoms with Crippen LogP contribution in [0.5, 0.6) is 0 Å². The van der Waals surface area contributed by atoms with Crippen molar-refractivity contribution in [2.24, 2.45) is 5.92 Å². The minimum absolute atomic E-state index is 0.816. The standard InChI is InChI=1S/C18H21N/c1-2-6-17(7-3-1)18-10-8-15(9-11-18)13-16-5-4-12-19-14-16/h1-3,6-11,16,19H,4-5,12-14H2. The van der Waals surface area contributed by atoms with Crippen LogP contribution in [0.3, 0.4) is 0 Å². The molecule has 1 nitrogen and oxygen atoms in total. The molecule has 19 heavy (non-hydrogen) atoms. The Balaban J connectivity index is 1.68. The molecule has 0 saturated carbocycles. The number of benzene rings is 2. The van der Waals surface area contributed by atoms with Crippen molar-refractivity contribution in [3.05, 3.63) is 60.2 Å². The van der Waals surface area contributed by atoms with Gasteiger partial charge in [-0.3, -0.25) is 0 Å². The molecule has 1 N–H and O–H groups in total. The fourth-order valence-electron chi connectivity index (χ4n) is 2.90. The second-order valence-corrected chi connectivity index (χ2v) is 5.48. The van der Waals surface area contributed by atoms with Crippen molar-refractivity contribution in [2.45, 2.75) is 19.3 Å². The number of piperidine rings is 1. The predicted molar refractivity (Wildman–Crippen MR) is 81.2 cm³/mol. The second kappa shape index (κ2) is 6.03. The van der Waals surface area contributed by atoms with Gasteiger partial charge in [0.2, 0.25) is 0 Å². The summed E-state index contributed by atoms with van der Waals surface area (Å²) in [6.45, 7) is 2.38. The molecule has 0 bridgehead atoms. The minimum atomic E-state index is 0.816. The molecular formula is C18H21N. The van der Waals surface area contributed by atoms with Gasteiger partial charge in [0, 0.05) is 0 Å². The van der Waals surface area contributed by atoms with Gasteiger partial charge in [-0.1, -0.05) is 54.6 Å². The van der Waals surface area contributed by atoms with Gasteiger partial charge < -0.3 is 5.32 Å². The molecule has 98 valence electrons. The summed E-state index contributed by atoms with van der Waals surface area (Å²) in [6, 6.07) is 19.7. The molecule has 0 radical (unpaired) electrons. The smallest absolute Gasteiger partial charge is 0.00173 e. The van der Waals surface area contributed by atoms with Crippen LogP contribution in [0.2, 0.25) is 0 Å². The lowest BCUT2D eigenvalue weighted by Crippen LogP contribution is -2.30. The van der Waals surface area contributed by atoms with Crippen LogP contribution < -0.4 is 5.32 Å². The zero-order chi connectivity index (χ0) is 12.9. The molecule has 2 aromatic carbocycles. The highest BCUT2D eigenvalue weighted by molar-refractivity contribution is 5.63. The topological polar surface area (TPSA) is 12.0 Å². The van der Waals surface area contributed by atoms with Crippen LogP contribution in [-0.4, -0.2) is 13.1 Å². The molecule has 2 aromatic rings. The average molecular weight is 251 g/mol. The van der Waals surface area contributed by atoms with Gasteiger partial charge in [0.25, 0.3) is 0 Å². The van der Waals surface area contributed by atoms with Gasteiger partial charge in [-0.15, -0.1) is 0 Å². The van der Waals surface area contributed by atoms with E-state index in [4.69, 9.17) is 0 Å². The van der Waals surface area contributed by atoms with E-state index in [9.17, 15) is 0 Å². The summed E-state index contributed by atoms with van der Waals surface area (Å²) in [4.78, 5) is 0. The number of nitrogens with one attached hydrogen (secondary N) is 1. The van der Waals surface area contributed by atoms with Crippen LogP contribution in [0.25, 0.3) is 11.1 Å². The third-order valence-corrected chi connectivity index (χ3v) is 3.98. The number of hydrogen-bond acceptors (Lipinski definition) is 1. The van der Waals surface area contributed by atoms with E-state index >= 15 is 0 Å². The van der Waals surface area contributed by atoms with Crippen molar-refractivity contribution in [3.8, 4) is 11.1 Å². The maximum Gasteiger partial charge on any atom is -0.00173 e. The molecule has 1 aliphatic heterocycles. The monoisotopic (exact) mass is 251 g/mol. The van der Waals surface area contributed by atoms with E-state index in [0.29, 0.717) is 0 Å². The summed E-state index contributed by atoms with van der Waals surface area (Å²) in [5.74, 6) is 0.816. The van der Waals surface area contributed by atoms with Crippen molar-refractivity contribution in [2.75, 3.05) is 13.1 Å². The quantitative estimate of drug-likeness (QED) is 0.872. The zero-order valence-electron chi connectivity index (χ0n) is 11.3. The van der Waals surface area contributed by atoms with Gasteiger partial charge in [0.05, 0.1) is 0 Å². The Labute approximate surface area is 115 Å². The Morgan fingerprint density at radius 1 is 0.895 bits per heavy atom. The van der Waals surface area contributed by atoms with Gasteiger partial charge in [0.15, 0.2) is 0 Å². The molecule has 1 saturated heterocycles. The highest BCUT2D eigenvalue weighted by Gasteiger charge is 2.13. The van der Waals surface area contributed by atoms with Crippen LogP contribution >= 0.6 is 0 Å². The van der Waals surface area contributed by atoms with E-state index in [1.165, 1.54) is 49.0 Å². The van der Waals surface area contributed by atoms with Crippen LogP contribution in [0.1, 0.15) is 18.4 Å². The normalized spacial score (nSPS) is 19.3. The zero-order valence-corrected chi connectivity index (χ0v) is 11.3. The molecule has 0 spiro atoms. The van der Waals surface area contributed by atoms with Crippen LogP contribution in [-0.2, 0) is 6.42 Å². The van der Waals surface area contributed by atoms with Crippen LogP contribution in [0.4, 0.5) is 0 Å². The Morgan fingerprint density at radius 2 is 1.63 bits per heavy atom. The molecule has 0 aliphatic carbocycles. The molecule has 0 amide bonds. The summed E-state index contributed by atoms with van der Waals surface area (Å²) in [6.07, 6.45) is 3.91. The van der Waals surface area contributed by atoms with Gasteiger partial charge >= 0.3 is 0 Å². The summed E-state index contributed by atoms with van der Waals surface area (Å²) in [7, 11) is 0. The third kappa shape index (κ3) is 3.24. The van der Waals surface area contributed by atoms with Gasteiger partial charge in [-0.05, 0) is 55.0 Å². The summed E-state index contributed by atoms with van der Waals surface area (Å²) in [5, 5.41) is 3.49. The van der Waals surface area contributed by atoms with E-state index in [0.717, 1.165) is 5.92 Å². The Morgan fingerprint density at radius 3 is 2.32 bits per heavy atom. The van der Waals surface area contributed by atoms with E-state index < -0.39 is 0 Å². The molecular weight excluding hydrogens is 230 g/mol. The van der Waals surface area contributed by atoms with Crippen LogP contribution in [0.15, 0.2) is 54.6 Å². The lowest BCUT2D eigenvalue weighted by Gasteiger charge is -2.22. The highest BCUT2D eigenvalue weighted by Crippen LogP contribution is 2.21. The highest BCUT2D eigenvalue weighted by atomic mass is 14.9. The van der Waals surface area contributed by atoms with Crippen molar-refractivity contribution in [1.29, 1.82) is 0 Å². The number of hydrogen-bond donors (Lipinski definition) is 1. The molecule has 1 aliphatic rings. The third-order valence-electron chi connectivity index (χ3n) is 3.98. The van der Waals surface area contributed by atoms with Gasteiger partial charge in [0.1, 0.15) is 0 Å². The van der Waals surface area contributed by atoms with E-state index in [1.807, 2.05) is 0 Å². The first-order valence-corrected chi connectivity index (χ1v) is 7.27. The van der Waals surface area contributed by atoms with Gasteiger partial charge in [-0.25, -0.2) is 0 Å². The van der Waals surface area contributed by atoms with E-state index in [-0.39, 0.29) is 0 Å². The second-order valence-electron chi connectivity index (χ2n) is 5.48. The molecule has 1 unspecified atom stereocenters. The summed E-state index contributed by atoms with van der Waals surface area (Å²) >= 11 is 0. The summed E-state index contributed by atoms with van der Waals surface area (Å²) < 4.78 is 0. The maximum atomic E-state index is 3.49. The fraction of sp³-hybridized carbons (Fsp3) is 0.333. The SMILES string of the molecule is c1ccc(-c2ccc(CC3CCCNC3)cc2)cc1. The maximum absolute atomic E-state index is 3.49. The van der Waals surface area contributed by atoms with Crippen LogP contribution in [0, 0.1) is 5.92 Å². The lowest BCUT2D eigenvalue weighted by molar-refractivity contribution is 0.376.